The number of hydrogen-bond donors (Lipinski definition) is 1. The maximum atomic E-state index is 5.92. The molecule has 4 nitrogen and oxygen atoms in total. The molecule has 1 aromatic carbocycles. The second-order valence-corrected chi connectivity index (χ2v) is 5.15. The quantitative estimate of drug-likeness (QED) is 0.809. The molecule has 0 aliphatic carbocycles. The van der Waals surface area contributed by atoms with Gasteiger partial charge in [0.1, 0.15) is 5.75 Å². The molecule has 1 unspecified atom stereocenters. The number of hydrogen-bond acceptors (Lipinski definition) is 3. The summed E-state index contributed by atoms with van der Waals surface area (Å²) >= 11 is 0. The molecule has 0 aliphatic rings. The smallest absolute Gasteiger partial charge is 0.124 e. The minimum atomic E-state index is 0.102. The predicted molar refractivity (Wildman–Crippen MR) is 85.6 cm³/mol. The van der Waals surface area contributed by atoms with E-state index < -0.39 is 0 Å². The standard InChI is InChI=1S/C17H25N3O/c1-4-11-18-17(15-10-12-19-20(15)3)14-8-6-7-9-16(14)21-13-5-2/h6-10,12,17-18H,4-5,11,13H2,1-3H3. The van der Waals surface area contributed by atoms with Crippen LogP contribution in [0.5, 0.6) is 5.75 Å². The van der Waals surface area contributed by atoms with Gasteiger partial charge in [-0.05, 0) is 31.5 Å². The van der Waals surface area contributed by atoms with E-state index >= 15 is 0 Å². The van der Waals surface area contributed by atoms with E-state index in [9.17, 15) is 0 Å². The molecule has 1 aromatic heterocycles. The van der Waals surface area contributed by atoms with E-state index in [2.05, 4.69) is 42.5 Å². The summed E-state index contributed by atoms with van der Waals surface area (Å²) in [5, 5.41) is 7.90. The van der Waals surface area contributed by atoms with Gasteiger partial charge in [-0.3, -0.25) is 4.68 Å². The Bertz CT molecular complexity index is 550. The molecule has 0 radical (unpaired) electrons. The van der Waals surface area contributed by atoms with Gasteiger partial charge in [0.05, 0.1) is 18.3 Å². The number of ether oxygens (including phenoxy) is 1. The number of aromatic nitrogens is 2. The number of aryl methyl sites for hydroxylation is 1. The highest BCUT2D eigenvalue weighted by Crippen LogP contribution is 2.29. The summed E-state index contributed by atoms with van der Waals surface area (Å²) in [6.45, 7) is 5.99. The average Bonchev–Trinajstić information content (AvgIpc) is 2.93. The predicted octanol–water partition coefficient (Wildman–Crippen LogP) is 3.30. The van der Waals surface area contributed by atoms with Crippen molar-refractivity contribution in [2.45, 2.75) is 32.7 Å². The van der Waals surface area contributed by atoms with Crippen LogP contribution in [0, 0.1) is 0 Å². The number of nitrogens with zero attached hydrogens (tertiary/aromatic N) is 2. The number of rotatable bonds is 8. The average molecular weight is 287 g/mol. The second-order valence-electron chi connectivity index (χ2n) is 5.15. The SMILES string of the molecule is CCCNC(c1ccccc1OCCC)c1ccnn1C. The van der Waals surface area contributed by atoms with Gasteiger partial charge < -0.3 is 10.1 Å². The first-order valence-electron chi connectivity index (χ1n) is 7.70. The zero-order chi connectivity index (χ0) is 15.1. The number of benzene rings is 1. The lowest BCUT2D eigenvalue weighted by molar-refractivity contribution is 0.311. The molecular weight excluding hydrogens is 262 g/mol. The van der Waals surface area contributed by atoms with Gasteiger partial charge in [-0.2, -0.15) is 5.10 Å². The van der Waals surface area contributed by atoms with Crippen LogP contribution >= 0.6 is 0 Å². The lowest BCUT2D eigenvalue weighted by Crippen LogP contribution is -2.25. The van der Waals surface area contributed by atoms with Crippen molar-refractivity contribution < 1.29 is 4.74 Å². The Morgan fingerprint density at radius 2 is 2.00 bits per heavy atom. The second kappa shape index (κ2) is 7.84. The lowest BCUT2D eigenvalue weighted by atomic mass is 10.0. The van der Waals surface area contributed by atoms with Crippen LogP contribution in [0.3, 0.4) is 0 Å². The van der Waals surface area contributed by atoms with Gasteiger partial charge in [0.25, 0.3) is 0 Å². The molecule has 1 N–H and O–H groups in total. The van der Waals surface area contributed by atoms with Crippen molar-refractivity contribution in [3.05, 3.63) is 47.8 Å². The number of para-hydroxylation sites is 1. The van der Waals surface area contributed by atoms with Gasteiger partial charge in [0.2, 0.25) is 0 Å². The molecule has 0 saturated carbocycles. The van der Waals surface area contributed by atoms with Crippen molar-refractivity contribution >= 4 is 0 Å². The Kier molecular flexibility index (Phi) is 5.81. The monoisotopic (exact) mass is 287 g/mol. The molecule has 0 spiro atoms. The largest absolute Gasteiger partial charge is 0.493 e. The molecule has 0 amide bonds. The summed E-state index contributed by atoms with van der Waals surface area (Å²) in [5.74, 6) is 0.953. The van der Waals surface area contributed by atoms with Gasteiger partial charge in [-0.15, -0.1) is 0 Å². The first-order valence-corrected chi connectivity index (χ1v) is 7.70. The van der Waals surface area contributed by atoms with Gasteiger partial charge >= 0.3 is 0 Å². The summed E-state index contributed by atoms with van der Waals surface area (Å²) in [6.07, 6.45) is 3.94. The normalized spacial score (nSPS) is 12.3. The van der Waals surface area contributed by atoms with E-state index in [0.717, 1.165) is 37.4 Å². The Morgan fingerprint density at radius 3 is 2.67 bits per heavy atom. The van der Waals surface area contributed by atoms with Crippen molar-refractivity contribution in [3.63, 3.8) is 0 Å². The molecule has 2 aromatic rings. The van der Waals surface area contributed by atoms with Crippen LogP contribution in [0.2, 0.25) is 0 Å². The molecular formula is C17H25N3O. The van der Waals surface area contributed by atoms with E-state index in [0.29, 0.717) is 0 Å². The van der Waals surface area contributed by atoms with Crippen LogP contribution in [0.15, 0.2) is 36.5 Å². The van der Waals surface area contributed by atoms with Crippen molar-refractivity contribution in [1.82, 2.24) is 15.1 Å². The highest BCUT2D eigenvalue weighted by molar-refractivity contribution is 5.40. The summed E-state index contributed by atoms with van der Waals surface area (Å²) in [6, 6.07) is 10.4. The molecule has 2 rings (SSSR count). The summed E-state index contributed by atoms with van der Waals surface area (Å²) < 4.78 is 7.84. The molecule has 0 aliphatic heterocycles. The maximum absolute atomic E-state index is 5.92. The first-order chi connectivity index (χ1) is 10.3. The van der Waals surface area contributed by atoms with Crippen molar-refractivity contribution in [2.75, 3.05) is 13.2 Å². The summed E-state index contributed by atoms with van der Waals surface area (Å²) in [4.78, 5) is 0. The molecule has 1 heterocycles. The highest BCUT2D eigenvalue weighted by Gasteiger charge is 2.20. The van der Waals surface area contributed by atoms with E-state index in [-0.39, 0.29) is 6.04 Å². The van der Waals surface area contributed by atoms with Crippen LogP contribution < -0.4 is 10.1 Å². The minimum Gasteiger partial charge on any atom is -0.493 e. The molecule has 0 fully saturated rings. The molecule has 0 saturated heterocycles. The Morgan fingerprint density at radius 1 is 1.19 bits per heavy atom. The highest BCUT2D eigenvalue weighted by atomic mass is 16.5. The third kappa shape index (κ3) is 3.85. The van der Waals surface area contributed by atoms with Crippen LogP contribution in [-0.2, 0) is 7.05 Å². The van der Waals surface area contributed by atoms with Crippen LogP contribution in [0.4, 0.5) is 0 Å². The van der Waals surface area contributed by atoms with E-state index in [1.54, 1.807) is 0 Å². The molecule has 114 valence electrons. The minimum absolute atomic E-state index is 0.102. The lowest BCUT2D eigenvalue weighted by Gasteiger charge is -2.22. The molecule has 1 atom stereocenters. The fourth-order valence-corrected chi connectivity index (χ4v) is 2.39. The van der Waals surface area contributed by atoms with Crippen molar-refractivity contribution in [1.29, 1.82) is 0 Å². The Labute approximate surface area is 127 Å². The fraction of sp³-hybridized carbons (Fsp3) is 0.471. The Hall–Kier alpha value is -1.81. The molecule has 4 heteroatoms. The van der Waals surface area contributed by atoms with Gasteiger partial charge in [0.15, 0.2) is 0 Å². The topological polar surface area (TPSA) is 39.1 Å². The summed E-state index contributed by atoms with van der Waals surface area (Å²) in [5.41, 5.74) is 2.32. The number of nitrogens with one attached hydrogen (secondary N) is 1. The van der Waals surface area contributed by atoms with Gasteiger partial charge in [0, 0.05) is 18.8 Å². The fourth-order valence-electron chi connectivity index (χ4n) is 2.39. The maximum Gasteiger partial charge on any atom is 0.124 e. The van der Waals surface area contributed by atoms with Crippen LogP contribution in [0.25, 0.3) is 0 Å². The molecule has 0 bridgehead atoms. The third-order valence-corrected chi connectivity index (χ3v) is 3.44. The van der Waals surface area contributed by atoms with E-state index in [1.165, 1.54) is 5.56 Å². The Balaban J connectivity index is 2.34. The zero-order valence-electron chi connectivity index (χ0n) is 13.2. The van der Waals surface area contributed by atoms with Gasteiger partial charge in [-0.1, -0.05) is 32.0 Å². The summed E-state index contributed by atoms with van der Waals surface area (Å²) in [7, 11) is 1.98. The first kappa shape index (κ1) is 15.6. The molecule has 21 heavy (non-hydrogen) atoms. The van der Waals surface area contributed by atoms with Crippen LogP contribution in [-0.4, -0.2) is 22.9 Å². The zero-order valence-corrected chi connectivity index (χ0v) is 13.2. The van der Waals surface area contributed by atoms with E-state index in [1.807, 2.05) is 30.1 Å². The van der Waals surface area contributed by atoms with Crippen molar-refractivity contribution in [3.8, 4) is 5.75 Å². The van der Waals surface area contributed by atoms with E-state index in [4.69, 9.17) is 4.74 Å². The van der Waals surface area contributed by atoms with Crippen LogP contribution in [0.1, 0.15) is 44.0 Å². The van der Waals surface area contributed by atoms with Gasteiger partial charge in [-0.25, -0.2) is 0 Å². The third-order valence-electron chi connectivity index (χ3n) is 3.44. The van der Waals surface area contributed by atoms with Crippen molar-refractivity contribution in [2.24, 2.45) is 7.05 Å².